The van der Waals surface area contributed by atoms with Gasteiger partial charge in [-0.2, -0.15) is 0 Å². The van der Waals surface area contributed by atoms with Crippen LogP contribution in [0.5, 0.6) is 11.5 Å². The summed E-state index contributed by atoms with van der Waals surface area (Å²) in [7, 11) is 3.13. The molecular weight excluding hydrogens is 332 g/mol. The van der Waals surface area contributed by atoms with Gasteiger partial charge in [-0.05, 0) is 49.2 Å². The molecule has 0 saturated carbocycles. The molecule has 0 spiro atoms. The molecule has 6 heteroatoms. The average molecular weight is 352 g/mol. The fourth-order valence-electron chi connectivity index (χ4n) is 3.28. The van der Waals surface area contributed by atoms with Crippen molar-refractivity contribution in [3.05, 3.63) is 47.0 Å². The molecule has 0 radical (unpaired) electrons. The summed E-state index contributed by atoms with van der Waals surface area (Å²) in [6.45, 7) is 4.07. The van der Waals surface area contributed by atoms with Crippen LogP contribution in [0.1, 0.15) is 22.8 Å². The molecule has 26 heavy (non-hydrogen) atoms. The molecule has 1 fully saturated rings. The third kappa shape index (κ3) is 2.49. The number of carbonyl (C=O) groups is 1. The van der Waals surface area contributed by atoms with Crippen molar-refractivity contribution >= 4 is 23.1 Å². The maximum atomic E-state index is 12.9. The highest BCUT2D eigenvalue weighted by atomic mass is 16.5. The Morgan fingerprint density at radius 3 is 2.50 bits per heavy atom. The van der Waals surface area contributed by atoms with Crippen LogP contribution >= 0.6 is 0 Å². The number of hydrogen-bond donors (Lipinski definition) is 1. The molecule has 6 nitrogen and oxygen atoms in total. The highest BCUT2D eigenvalue weighted by Gasteiger charge is 2.44. The fourth-order valence-corrected chi connectivity index (χ4v) is 3.28. The van der Waals surface area contributed by atoms with E-state index in [0.29, 0.717) is 23.0 Å². The number of aliphatic imine (C=N–C) groups is 1. The van der Waals surface area contributed by atoms with Crippen molar-refractivity contribution in [1.29, 1.82) is 0 Å². The molecule has 2 aliphatic rings. The zero-order valence-electron chi connectivity index (χ0n) is 15.1. The van der Waals surface area contributed by atoms with Crippen LogP contribution in [0.3, 0.4) is 0 Å². The molecule has 0 unspecified atom stereocenters. The molecule has 0 aromatic heterocycles. The average Bonchev–Trinajstić information content (AvgIpc) is 2.96. The molecule has 0 bridgehead atoms. The van der Waals surface area contributed by atoms with Crippen molar-refractivity contribution in [3.8, 4) is 11.5 Å². The van der Waals surface area contributed by atoms with Crippen molar-refractivity contribution < 1.29 is 19.0 Å². The van der Waals surface area contributed by atoms with Gasteiger partial charge in [0.15, 0.2) is 23.6 Å². The van der Waals surface area contributed by atoms with Gasteiger partial charge in [-0.3, -0.25) is 4.79 Å². The van der Waals surface area contributed by atoms with Crippen molar-refractivity contribution in [2.75, 3.05) is 19.5 Å². The van der Waals surface area contributed by atoms with Crippen LogP contribution in [0.2, 0.25) is 0 Å². The van der Waals surface area contributed by atoms with Gasteiger partial charge in [0.25, 0.3) is 0 Å². The highest BCUT2D eigenvalue weighted by Crippen LogP contribution is 2.40. The lowest BCUT2D eigenvalue weighted by atomic mass is 10.0. The van der Waals surface area contributed by atoms with Crippen LogP contribution in [0.4, 0.5) is 11.4 Å². The van der Waals surface area contributed by atoms with Crippen LogP contribution in [0, 0.1) is 13.8 Å². The zero-order valence-corrected chi connectivity index (χ0v) is 15.1. The van der Waals surface area contributed by atoms with E-state index < -0.39 is 12.1 Å². The Balaban J connectivity index is 1.68. The predicted octanol–water partition coefficient (Wildman–Crippen LogP) is 3.49. The largest absolute Gasteiger partial charge is 0.493 e. The lowest BCUT2D eigenvalue weighted by Gasteiger charge is -2.20. The summed E-state index contributed by atoms with van der Waals surface area (Å²) >= 11 is 0. The second kappa shape index (κ2) is 6.05. The molecule has 2 aromatic carbocycles. The van der Waals surface area contributed by atoms with Crippen LogP contribution in [0.15, 0.2) is 35.3 Å². The number of hydrogen-bond acceptors (Lipinski definition) is 6. The smallest absolute Gasteiger partial charge is 0.220 e. The monoisotopic (exact) mass is 352 g/mol. The predicted molar refractivity (Wildman–Crippen MR) is 98.8 cm³/mol. The normalized spacial score (nSPS) is 20.5. The Labute approximate surface area is 151 Å². The second-order valence-corrected chi connectivity index (χ2v) is 6.50. The maximum absolute atomic E-state index is 12.9. The van der Waals surface area contributed by atoms with Gasteiger partial charge < -0.3 is 19.5 Å². The minimum Gasteiger partial charge on any atom is -0.493 e. The summed E-state index contributed by atoms with van der Waals surface area (Å²) in [5.41, 5.74) is 4.65. The summed E-state index contributed by atoms with van der Waals surface area (Å²) in [4.78, 5) is 17.5. The van der Waals surface area contributed by atoms with Gasteiger partial charge in [0.05, 0.1) is 25.6 Å². The first-order valence-corrected chi connectivity index (χ1v) is 8.40. The minimum atomic E-state index is -0.720. The van der Waals surface area contributed by atoms with E-state index in [2.05, 4.69) is 10.3 Å². The van der Waals surface area contributed by atoms with Gasteiger partial charge in [0.2, 0.25) is 11.7 Å². The minimum absolute atomic E-state index is 0.0696. The third-order valence-corrected chi connectivity index (χ3v) is 4.88. The van der Waals surface area contributed by atoms with Crippen molar-refractivity contribution in [2.24, 2.45) is 4.99 Å². The number of ether oxygens (including phenoxy) is 3. The van der Waals surface area contributed by atoms with Crippen molar-refractivity contribution in [3.63, 3.8) is 0 Å². The molecule has 2 aromatic rings. The lowest BCUT2D eigenvalue weighted by Crippen LogP contribution is -2.34. The number of rotatable bonds is 3. The molecule has 134 valence electrons. The van der Waals surface area contributed by atoms with Crippen LogP contribution in [-0.4, -0.2) is 31.9 Å². The Morgan fingerprint density at radius 1 is 1.04 bits per heavy atom. The summed E-state index contributed by atoms with van der Waals surface area (Å²) in [6, 6.07) is 8.79. The van der Waals surface area contributed by atoms with E-state index in [1.807, 2.05) is 32.0 Å². The van der Waals surface area contributed by atoms with E-state index >= 15 is 0 Å². The summed E-state index contributed by atoms with van der Waals surface area (Å²) in [6.07, 6.45) is -0.720. The number of anilines is 1. The van der Waals surface area contributed by atoms with Gasteiger partial charge in [-0.25, -0.2) is 4.99 Å². The first kappa shape index (κ1) is 16.4. The first-order chi connectivity index (χ1) is 12.5. The molecule has 0 amide bonds. The summed E-state index contributed by atoms with van der Waals surface area (Å²) in [5.74, 6) is 1.50. The molecule has 1 N–H and O–H groups in total. The number of methoxy groups -OCH3 is 2. The molecule has 2 atom stereocenters. The van der Waals surface area contributed by atoms with E-state index in [1.165, 1.54) is 0 Å². The Hall–Kier alpha value is -3.02. The van der Waals surface area contributed by atoms with Crippen LogP contribution in [-0.2, 0) is 9.53 Å². The summed E-state index contributed by atoms with van der Waals surface area (Å²) in [5, 5.41) is 3.27. The number of benzene rings is 2. The molecule has 2 heterocycles. The number of carbonyl (C=O) groups excluding carboxylic acids is 1. The van der Waals surface area contributed by atoms with Gasteiger partial charge >= 0.3 is 0 Å². The number of aryl methyl sites for hydroxylation is 2. The molecule has 4 rings (SSSR count). The van der Waals surface area contributed by atoms with Crippen molar-refractivity contribution in [2.45, 2.75) is 26.0 Å². The summed E-state index contributed by atoms with van der Waals surface area (Å²) < 4.78 is 16.5. The Kier molecular flexibility index (Phi) is 3.83. The van der Waals surface area contributed by atoms with Crippen LogP contribution < -0.4 is 14.8 Å². The van der Waals surface area contributed by atoms with Gasteiger partial charge in [-0.1, -0.05) is 6.07 Å². The molecular formula is C20H20N2O4. The first-order valence-electron chi connectivity index (χ1n) is 8.40. The SMILES string of the molecule is COc1ccc([C@H]2OC3=Nc4cc(C)c(C)cc4N[C@@H]3C2=O)cc1OC. The maximum Gasteiger partial charge on any atom is 0.220 e. The quantitative estimate of drug-likeness (QED) is 0.916. The topological polar surface area (TPSA) is 69.2 Å². The number of fused-ring (bicyclic) bond motifs is 2. The number of Topliss-reactive ketones (excluding diaryl/α,β-unsaturated/α-hetero) is 1. The van der Waals surface area contributed by atoms with E-state index in [0.717, 1.165) is 22.5 Å². The van der Waals surface area contributed by atoms with Crippen LogP contribution in [0.25, 0.3) is 0 Å². The number of nitrogens with one attached hydrogen (secondary N) is 1. The van der Waals surface area contributed by atoms with Gasteiger partial charge in [-0.15, -0.1) is 0 Å². The Bertz CT molecular complexity index is 936. The van der Waals surface area contributed by atoms with E-state index in [1.54, 1.807) is 26.4 Å². The molecule has 1 saturated heterocycles. The fraction of sp³-hybridized carbons (Fsp3) is 0.300. The number of nitrogens with zero attached hydrogens (tertiary/aromatic N) is 1. The van der Waals surface area contributed by atoms with E-state index in [4.69, 9.17) is 14.2 Å². The second-order valence-electron chi connectivity index (χ2n) is 6.50. The van der Waals surface area contributed by atoms with Crippen molar-refractivity contribution in [1.82, 2.24) is 0 Å². The molecule has 0 aliphatic carbocycles. The Morgan fingerprint density at radius 2 is 1.77 bits per heavy atom. The van der Waals surface area contributed by atoms with E-state index in [9.17, 15) is 4.79 Å². The number of ketones is 1. The highest BCUT2D eigenvalue weighted by molar-refractivity contribution is 6.17. The lowest BCUT2D eigenvalue weighted by molar-refractivity contribution is -0.122. The standard InChI is InChI=1S/C20H20N2O4/c1-10-7-13-14(8-11(10)2)22-20-17(21-13)18(23)19(26-20)12-5-6-15(24-3)16(9-12)25-4/h5-9,17,19,21H,1-4H3/t17-,19-/m1/s1. The van der Waals surface area contributed by atoms with Gasteiger partial charge in [0, 0.05) is 5.56 Å². The molecule has 2 aliphatic heterocycles. The van der Waals surface area contributed by atoms with Gasteiger partial charge in [0.1, 0.15) is 0 Å². The van der Waals surface area contributed by atoms with E-state index in [-0.39, 0.29) is 5.78 Å². The third-order valence-electron chi connectivity index (χ3n) is 4.88. The zero-order chi connectivity index (χ0) is 18.4.